The Hall–Kier alpha value is -6.45. The minimum absolute atomic E-state index is 0. The van der Waals surface area contributed by atoms with Gasteiger partial charge in [-0.1, -0.05) is 105 Å². The third-order valence-electron chi connectivity index (χ3n) is 24.1. The molecule has 12 N–H and O–H groups in total. The first kappa shape index (κ1) is 104. The standard InChI is InChI=1S/C28H41N5O4S.C27H40N4O3S.C17H26N4O3S.C10H18O2.C2H6O.CHNO.CH4.K/c1-5-7-21-8-6-9-22(18-21)25-30-26(34)28(31-25)11-13-33(14-12-28)38(36,37)15-10-24-19(2)16-23(17-20(24)3)32(4)27(29)35;1-5-7-21-8-6-9-22(18-21)25-29-26(32)27(30-25)11-13-31(14-12-27)35(33,34)15-10-24-19(2)16-23(28-4)17-20(24)3;1-12-10-14(20-3)11-13(2)15(12)4-9-25(23,24)21-7-5-17(19,6-8-21)16(18)22;1-2-4-8-5-3-6-9(7-8)10(11)12;1-2-3;2-1-3;;/h10,15-17,21-22H,5-9,11-14,18H2,1-4H3,(H2,29,35)(H,30,31,34);10,15-17,21-22,28H,5-9,11-14,18H2,1-4H3,(H,29,30,32);4,9-11,20H,5-8,19H2,1-3H3,(H2,18,22);8-9H,2-7H2,1H3,(H,11,12);3H,2H2,1H3;3H;1H4;/q;;;;;;;+1/p-1/b2*15-10+;9-4+;;;;;/t2*21-,22+;;;;;;/m11....../s1. The van der Waals surface area contributed by atoms with Crippen molar-refractivity contribution in [2.75, 3.05) is 82.6 Å². The Balaban J connectivity index is 0.000000338. The molecule has 652 valence electrons. The number of aliphatic carboxylic acids is 1. The fraction of sp³-hybridized carbons (Fsp3) is 0.628. The molecule has 2 spiro atoms. The number of hydrogen-bond acceptors (Lipinski definition) is 19. The maximum absolute atomic E-state index is 13.2. The number of benzene rings is 3. The monoisotopic (exact) mass is 1720 g/mol. The van der Waals surface area contributed by atoms with Crippen LogP contribution in [0.4, 0.5) is 21.9 Å². The van der Waals surface area contributed by atoms with Gasteiger partial charge in [-0.15, -0.1) is 0 Å². The number of carboxylic acid groups (broad SMARTS) is 1. The minimum Gasteiger partial charge on any atom is -0.812 e. The zero-order chi connectivity index (χ0) is 86.1. The summed E-state index contributed by atoms with van der Waals surface area (Å²) in [7, 11) is -5.54. The first-order valence-electron chi connectivity index (χ1n) is 41.3. The molecular weight excluding hydrogens is 1590 g/mol. The number of aliphatic hydroxyl groups excluding tert-OH is 1. The van der Waals surface area contributed by atoms with E-state index in [1.165, 1.54) is 105 Å². The zero-order valence-corrected chi connectivity index (χ0v) is 77.3. The number of aliphatic imine (C=N–C) groups is 2. The number of primary amides is 2. The molecule has 0 bridgehead atoms. The van der Waals surface area contributed by atoms with Crippen molar-refractivity contribution in [2.45, 2.75) is 247 Å². The number of rotatable bonds is 22. The van der Waals surface area contributed by atoms with Gasteiger partial charge in [0.25, 0.3) is 11.8 Å². The van der Waals surface area contributed by atoms with E-state index in [9.17, 15) is 49.2 Å². The zero-order valence-electron chi connectivity index (χ0n) is 71.7. The number of aliphatic hydroxyl groups is 1. The molecule has 118 heavy (non-hydrogen) atoms. The van der Waals surface area contributed by atoms with Crippen molar-refractivity contribution in [2.24, 2.45) is 62.7 Å². The van der Waals surface area contributed by atoms with Crippen molar-refractivity contribution >= 4 is 107 Å². The number of nitriles is 1. The van der Waals surface area contributed by atoms with Gasteiger partial charge < -0.3 is 53.8 Å². The topological polar surface area (TPSA) is 439 Å². The van der Waals surface area contributed by atoms with Gasteiger partial charge in [-0.05, 0) is 248 Å². The SMILES string of the molecule is C.CCCC1CCCC(C(=O)O)C1.CCC[C@@H]1CCC[C@H](C2=NC3(CCN(S(=O)(=O)/C=C/c4c(C)cc(N(C)C(N)=O)cc4C)CC3)C(=O)N2)C1.CCC[C@@H]1CCC[C@H](C2=NC3(CCN(S(=O)(=O)/C=C/c4c(C)cc(NC)cc4C)CC3)C(=O)N2)C1.CCO.CNc1cc(C)c(/C=C/S(=O)(=O)N2CCC(N)(C(N)=O)CC2)c(C)c1.N#C[O-].[K+]. The van der Waals surface area contributed by atoms with Gasteiger partial charge in [0.15, 0.2) is 0 Å². The predicted molar refractivity (Wildman–Crippen MR) is 468 cm³/mol. The van der Waals surface area contributed by atoms with Crippen LogP contribution in [0, 0.1) is 88.6 Å². The van der Waals surface area contributed by atoms with Gasteiger partial charge in [0.2, 0.25) is 36.0 Å². The van der Waals surface area contributed by atoms with E-state index in [4.69, 9.17) is 47.8 Å². The molecule has 0 aromatic heterocycles. The summed E-state index contributed by atoms with van der Waals surface area (Å²) in [5.74, 6) is 3.05. The van der Waals surface area contributed by atoms with Gasteiger partial charge in [-0.3, -0.25) is 34.1 Å². The molecule has 32 heteroatoms. The number of aryl methyl sites for hydroxylation is 6. The first-order valence-corrected chi connectivity index (χ1v) is 45.8. The molecule has 5 heterocycles. The van der Waals surface area contributed by atoms with Crippen LogP contribution in [0.5, 0.6) is 0 Å². The number of carboxylic acids is 1. The number of nitrogens with one attached hydrogen (secondary N) is 4. The van der Waals surface area contributed by atoms with Crippen molar-refractivity contribution in [3.63, 3.8) is 0 Å². The Morgan fingerprint density at radius 3 is 1.16 bits per heavy atom. The second-order valence-corrected chi connectivity index (χ2v) is 37.9. The number of anilines is 3. The maximum atomic E-state index is 13.2. The van der Waals surface area contributed by atoms with E-state index in [1.54, 1.807) is 44.3 Å². The van der Waals surface area contributed by atoms with Crippen LogP contribution in [0.25, 0.3) is 18.2 Å². The van der Waals surface area contributed by atoms with Crippen LogP contribution in [-0.4, -0.2) is 173 Å². The third-order valence-corrected chi connectivity index (χ3v) is 28.8. The maximum Gasteiger partial charge on any atom is 1.00 e. The summed E-state index contributed by atoms with van der Waals surface area (Å²) in [6, 6.07) is 11.0. The molecular formula is C86H135KN14O14S3. The number of amides is 5. The van der Waals surface area contributed by atoms with Crippen LogP contribution in [0.3, 0.4) is 0 Å². The Bertz CT molecular complexity index is 4370. The number of urea groups is 1. The van der Waals surface area contributed by atoms with E-state index in [0.717, 1.165) is 124 Å². The molecule has 3 saturated carbocycles. The molecule has 3 aromatic rings. The number of carbonyl (C=O) groups excluding carboxylic acids is 4. The summed E-state index contributed by atoms with van der Waals surface area (Å²) < 4.78 is 81.9. The van der Waals surface area contributed by atoms with Crippen molar-refractivity contribution in [1.29, 1.82) is 5.26 Å². The van der Waals surface area contributed by atoms with Gasteiger partial charge in [0.05, 0.1) is 11.5 Å². The normalized spacial score (nSPS) is 22.4. The van der Waals surface area contributed by atoms with Crippen molar-refractivity contribution in [3.8, 4) is 6.26 Å². The van der Waals surface area contributed by atoms with Crippen LogP contribution in [-0.2, 0) is 49.2 Å². The molecule has 6 atom stereocenters. The second kappa shape index (κ2) is 47.8. The van der Waals surface area contributed by atoms with Crippen LogP contribution in [0.1, 0.15) is 239 Å². The summed E-state index contributed by atoms with van der Waals surface area (Å²) in [5, 5.41) is 47.5. The molecule has 28 nitrogen and oxygen atoms in total. The van der Waals surface area contributed by atoms with E-state index in [0.29, 0.717) is 74.4 Å². The average Bonchev–Trinajstić information content (AvgIpc) is 1.60. The van der Waals surface area contributed by atoms with Gasteiger partial charge >= 0.3 is 63.4 Å². The number of hydrogen-bond donors (Lipinski definition) is 9. The smallest absolute Gasteiger partial charge is 0.812 e. The molecule has 6 fully saturated rings. The van der Waals surface area contributed by atoms with Crippen molar-refractivity contribution in [1.82, 2.24) is 23.5 Å². The van der Waals surface area contributed by atoms with Gasteiger partial charge in [0.1, 0.15) is 22.7 Å². The Morgan fingerprint density at radius 1 is 0.576 bits per heavy atom. The summed E-state index contributed by atoms with van der Waals surface area (Å²) in [4.78, 5) is 70.8. The van der Waals surface area contributed by atoms with Crippen molar-refractivity contribution < 1.29 is 116 Å². The Labute approximate surface area is 746 Å². The summed E-state index contributed by atoms with van der Waals surface area (Å²) in [6.45, 7) is 21.6. The summed E-state index contributed by atoms with van der Waals surface area (Å²) in [6.07, 6.45) is 28.1. The third kappa shape index (κ3) is 28.6. The minimum atomic E-state index is -3.68. The molecule has 11 rings (SSSR count). The fourth-order valence-electron chi connectivity index (χ4n) is 17.4. The van der Waals surface area contributed by atoms with E-state index in [-0.39, 0.29) is 122 Å². The molecule has 5 aliphatic heterocycles. The van der Waals surface area contributed by atoms with E-state index >= 15 is 0 Å². The molecule has 8 aliphatic rings. The van der Waals surface area contributed by atoms with Crippen LogP contribution in [0.15, 0.2) is 62.6 Å². The van der Waals surface area contributed by atoms with E-state index in [2.05, 4.69) is 42.0 Å². The second-order valence-electron chi connectivity index (χ2n) is 32.5. The molecule has 0 radical (unpaired) electrons. The molecule has 3 aliphatic carbocycles. The number of sulfonamides is 3. The van der Waals surface area contributed by atoms with E-state index in [1.807, 2.05) is 79.9 Å². The largest absolute Gasteiger partial charge is 1.00 e. The summed E-state index contributed by atoms with van der Waals surface area (Å²) >= 11 is 0. The van der Waals surface area contributed by atoms with E-state index < -0.39 is 64.6 Å². The summed E-state index contributed by atoms with van der Waals surface area (Å²) in [5.41, 5.74) is 24.7. The van der Waals surface area contributed by atoms with Crippen molar-refractivity contribution in [3.05, 3.63) is 103 Å². The number of carbonyl (C=O) groups is 5. The first-order chi connectivity index (χ1) is 54.8. The molecule has 3 saturated heterocycles. The van der Waals surface area contributed by atoms with Crippen LogP contribution < -0.4 is 99.9 Å². The Kier molecular flexibility index (Phi) is 42.1. The quantitative estimate of drug-likeness (QED) is 0.0335. The van der Waals surface area contributed by atoms with Crippen LogP contribution >= 0.6 is 0 Å². The molecule has 2 unspecified atom stereocenters. The van der Waals surface area contributed by atoms with Crippen LogP contribution in [0.2, 0.25) is 0 Å². The predicted octanol–water partition coefficient (Wildman–Crippen LogP) is 8.77. The number of nitrogens with zero attached hydrogens (tertiary/aromatic N) is 7. The van der Waals surface area contributed by atoms with Gasteiger partial charge in [0, 0.05) is 118 Å². The van der Waals surface area contributed by atoms with Gasteiger partial charge in [-0.2, -0.15) is 12.9 Å². The fourth-order valence-corrected chi connectivity index (χ4v) is 20.9. The Morgan fingerprint density at radius 2 is 0.873 bits per heavy atom. The van der Waals surface area contributed by atoms with Gasteiger partial charge in [-0.25, -0.2) is 35.3 Å². The molecule has 3 aromatic carbocycles. The number of piperidine rings is 3. The average molecular weight is 1720 g/mol. The molecule has 5 amide bonds. The number of nitrogens with two attached hydrogens (primary N) is 3. The number of amidine groups is 2.